The molecule has 4 heteroatoms. The summed E-state index contributed by atoms with van der Waals surface area (Å²) in [5.74, 6) is 0. The number of hydrogen-bond donors (Lipinski definition) is 2. The van der Waals surface area contributed by atoms with Gasteiger partial charge in [-0.2, -0.15) is 0 Å². The molecule has 3 N–H and O–H groups in total. The predicted molar refractivity (Wildman–Crippen MR) is 46.4 cm³/mol. The maximum atomic E-state index is 9.95. The number of nitrogens with two attached hydrogens (primary N) is 1. The largest absolute Gasteiger partial charge is 0.382 e. The smallest absolute Gasteiger partial charge is 0.118 e. The lowest BCUT2D eigenvalue weighted by Crippen LogP contribution is -2.41. The van der Waals surface area contributed by atoms with Crippen molar-refractivity contribution in [2.24, 2.45) is 12.8 Å². The van der Waals surface area contributed by atoms with E-state index in [9.17, 15) is 5.11 Å². The highest BCUT2D eigenvalue weighted by atomic mass is 16.3. The fraction of sp³-hybridized carbons (Fsp3) is 0.625. The highest BCUT2D eigenvalue weighted by Crippen LogP contribution is 2.21. The van der Waals surface area contributed by atoms with Gasteiger partial charge in [0.05, 0.1) is 18.2 Å². The quantitative estimate of drug-likeness (QED) is 0.653. The summed E-state index contributed by atoms with van der Waals surface area (Å²) in [6.07, 6.45) is 3.27. The zero-order chi connectivity index (χ0) is 9.35. The van der Waals surface area contributed by atoms with E-state index in [2.05, 4.69) is 4.98 Å². The number of rotatable bonds is 2. The van der Waals surface area contributed by atoms with Crippen LogP contribution < -0.4 is 5.73 Å². The molecule has 1 aromatic heterocycles. The van der Waals surface area contributed by atoms with Gasteiger partial charge in [-0.25, -0.2) is 4.98 Å². The predicted octanol–water partition coefficient (Wildman–Crippen LogP) is -0.0252. The summed E-state index contributed by atoms with van der Waals surface area (Å²) in [6, 6.07) is -0.312. The third kappa shape index (κ3) is 1.35. The Kier molecular flexibility index (Phi) is 2.21. The van der Waals surface area contributed by atoms with Gasteiger partial charge in [-0.1, -0.05) is 0 Å². The Bertz CT molecular complexity index is 265. The topological polar surface area (TPSA) is 64.1 Å². The van der Waals surface area contributed by atoms with Crippen LogP contribution in [-0.4, -0.2) is 20.7 Å². The standard InChI is InChI=1S/C8H15N3O/c1-6(9)8(2,12)7-4-10-5-11(7)3/h4-6,12H,9H2,1-3H3. The van der Waals surface area contributed by atoms with E-state index in [0.29, 0.717) is 0 Å². The molecule has 1 rings (SSSR count). The summed E-state index contributed by atoms with van der Waals surface area (Å²) in [7, 11) is 1.83. The molecule has 0 spiro atoms. The summed E-state index contributed by atoms with van der Waals surface area (Å²) in [4.78, 5) is 3.92. The van der Waals surface area contributed by atoms with Crippen molar-refractivity contribution >= 4 is 0 Å². The molecule has 0 radical (unpaired) electrons. The molecule has 2 unspecified atom stereocenters. The van der Waals surface area contributed by atoms with Gasteiger partial charge >= 0.3 is 0 Å². The lowest BCUT2D eigenvalue weighted by atomic mass is 9.95. The Balaban J connectivity index is 3.05. The van der Waals surface area contributed by atoms with Crippen molar-refractivity contribution in [1.82, 2.24) is 9.55 Å². The highest BCUT2D eigenvalue weighted by molar-refractivity contribution is 5.11. The maximum Gasteiger partial charge on any atom is 0.118 e. The van der Waals surface area contributed by atoms with Gasteiger partial charge in [0.2, 0.25) is 0 Å². The minimum atomic E-state index is -1.01. The van der Waals surface area contributed by atoms with Gasteiger partial charge in [0.25, 0.3) is 0 Å². The molecule has 0 amide bonds. The number of aryl methyl sites for hydroxylation is 1. The molecule has 0 aliphatic heterocycles. The minimum Gasteiger partial charge on any atom is -0.382 e. The number of aromatic nitrogens is 2. The number of aliphatic hydroxyl groups is 1. The second kappa shape index (κ2) is 2.88. The van der Waals surface area contributed by atoms with Crippen LogP contribution in [0.15, 0.2) is 12.5 Å². The van der Waals surface area contributed by atoms with Crippen molar-refractivity contribution in [2.45, 2.75) is 25.5 Å². The van der Waals surface area contributed by atoms with E-state index in [1.54, 1.807) is 30.9 Å². The molecule has 0 bridgehead atoms. The fourth-order valence-electron chi connectivity index (χ4n) is 1.08. The van der Waals surface area contributed by atoms with Gasteiger partial charge < -0.3 is 15.4 Å². The number of hydrogen-bond acceptors (Lipinski definition) is 3. The molecule has 68 valence electrons. The van der Waals surface area contributed by atoms with Crippen LogP contribution in [0.5, 0.6) is 0 Å². The third-order valence-electron chi connectivity index (χ3n) is 2.22. The van der Waals surface area contributed by atoms with E-state index in [0.717, 1.165) is 5.69 Å². The second-order valence-electron chi connectivity index (χ2n) is 3.33. The first kappa shape index (κ1) is 9.22. The van der Waals surface area contributed by atoms with Crippen LogP contribution in [0.3, 0.4) is 0 Å². The summed E-state index contributed by atoms with van der Waals surface area (Å²) < 4.78 is 1.77. The van der Waals surface area contributed by atoms with Gasteiger partial charge in [0, 0.05) is 13.1 Å². The van der Waals surface area contributed by atoms with Gasteiger partial charge in [0.15, 0.2) is 0 Å². The summed E-state index contributed by atoms with van der Waals surface area (Å²) in [6.45, 7) is 3.46. The lowest BCUT2D eigenvalue weighted by Gasteiger charge is -2.27. The van der Waals surface area contributed by atoms with E-state index < -0.39 is 5.60 Å². The number of imidazole rings is 1. The third-order valence-corrected chi connectivity index (χ3v) is 2.22. The molecule has 0 saturated carbocycles. The molecular weight excluding hydrogens is 154 g/mol. The molecular formula is C8H15N3O. The van der Waals surface area contributed by atoms with E-state index in [1.165, 1.54) is 0 Å². The fourth-order valence-corrected chi connectivity index (χ4v) is 1.08. The Hall–Kier alpha value is -0.870. The zero-order valence-electron chi connectivity index (χ0n) is 7.65. The lowest BCUT2D eigenvalue weighted by molar-refractivity contribution is 0.0278. The maximum absolute atomic E-state index is 9.95. The van der Waals surface area contributed by atoms with Gasteiger partial charge in [-0.05, 0) is 13.8 Å². The van der Waals surface area contributed by atoms with Crippen LogP contribution in [0, 0.1) is 0 Å². The van der Waals surface area contributed by atoms with Crippen molar-refractivity contribution < 1.29 is 5.11 Å². The van der Waals surface area contributed by atoms with Crippen molar-refractivity contribution in [3.8, 4) is 0 Å². The van der Waals surface area contributed by atoms with E-state index >= 15 is 0 Å². The number of nitrogens with zero attached hydrogens (tertiary/aromatic N) is 2. The Morgan fingerprint density at radius 1 is 1.75 bits per heavy atom. The normalized spacial score (nSPS) is 18.8. The van der Waals surface area contributed by atoms with Gasteiger partial charge in [0.1, 0.15) is 5.60 Å². The second-order valence-corrected chi connectivity index (χ2v) is 3.33. The van der Waals surface area contributed by atoms with Crippen LogP contribution >= 0.6 is 0 Å². The van der Waals surface area contributed by atoms with Crippen LogP contribution in [0.25, 0.3) is 0 Å². The molecule has 2 atom stereocenters. The van der Waals surface area contributed by atoms with Crippen LogP contribution in [0.1, 0.15) is 19.5 Å². The molecule has 0 aliphatic rings. The molecule has 4 nitrogen and oxygen atoms in total. The van der Waals surface area contributed by atoms with E-state index in [4.69, 9.17) is 5.73 Å². The average Bonchev–Trinajstić information content (AvgIpc) is 2.35. The van der Waals surface area contributed by atoms with Crippen LogP contribution in [0.4, 0.5) is 0 Å². The van der Waals surface area contributed by atoms with Crippen LogP contribution in [-0.2, 0) is 12.6 Å². The monoisotopic (exact) mass is 169 g/mol. The first-order valence-corrected chi connectivity index (χ1v) is 3.91. The van der Waals surface area contributed by atoms with Gasteiger partial charge in [-0.15, -0.1) is 0 Å². The minimum absolute atomic E-state index is 0.312. The molecule has 1 aromatic rings. The highest BCUT2D eigenvalue weighted by Gasteiger charge is 2.30. The van der Waals surface area contributed by atoms with Crippen molar-refractivity contribution in [3.63, 3.8) is 0 Å². The molecule has 0 aliphatic carbocycles. The van der Waals surface area contributed by atoms with E-state index in [1.807, 2.05) is 7.05 Å². The average molecular weight is 169 g/mol. The Labute approximate surface area is 72.0 Å². The molecule has 12 heavy (non-hydrogen) atoms. The first-order chi connectivity index (χ1) is 5.46. The summed E-state index contributed by atoms with van der Waals surface area (Å²) in [5.41, 5.74) is 5.36. The van der Waals surface area contributed by atoms with Crippen LogP contribution in [0.2, 0.25) is 0 Å². The van der Waals surface area contributed by atoms with Crippen molar-refractivity contribution in [2.75, 3.05) is 0 Å². The molecule has 0 saturated heterocycles. The molecule has 1 heterocycles. The summed E-state index contributed by atoms with van der Waals surface area (Å²) >= 11 is 0. The van der Waals surface area contributed by atoms with Crippen molar-refractivity contribution in [3.05, 3.63) is 18.2 Å². The molecule has 0 aromatic carbocycles. The van der Waals surface area contributed by atoms with Gasteiger partial charge in [-0.3, -0.25) is 0 Å². The Morgan fingerprint density at radius 2 is 2.33 bits per heavy atom. The first-order valence-electron chi connectivity index (χ1n) is 3.91. The zero-order valence-corrected chi connectivity index (χ0v) is 7.65. The molecule has 0 fully saturated rings. The summed E-state index contributed by atoms with van der Waals surface area (Å²) in [5, 5.41) is 9.95. The van der Waals surface area contributed by atoms with E-state index in [-0.39, 0.29) is 6.04 Å². The Morgan fingerprint density at radius 3 is 2.67 bits per heavy atom. The van der Waals surface area contributed by atoms with Crippen molar-refractivity contribution in [1.29, 1.82) is 0 Å². The SMILES string of the molecule is CC(N)C(C)(O)c1cncn1C.